The zero-order chi connectivity index (χ0) is 14.0. The van der Waals surface area contributed by atoms with E-state index < -0.39 is 11.6 Å². The lowest BCUT2D eigenvalue weighted by molar-refractivity contribution is -0.125. The van der Waals surface area contributed by atoms with Crippen LogP contribution < -0.4 is 16.4 Å². The number of nitrogen functional groups attached to an aromatic ring is 1. The van der Waals surface area contributed by atoms with Gasteiger partial charge in [0.1, 0.15) is 5.54 Å². The number of hydrogen-bond acceptors (Lipinski definition) is 3. The molecule has 1 aromatic carbocycles. The number of nitrogens with two attached hydrogens (primary N) is 1. The van der Waals surface area contributed by atoms with Gasteiger partial charge in [0.05, 0.1) is 11.4 Å². The Hall–Kier alpha value is -1.76. The van der Waals surface area contributed by atoms with Crippen molar-refractivity contribution in [3.8, 4) is 0 Å². The summed E-state index contributed by atoms with van der Waals surface area (Å²) < 4.78 is 0.783. The van der Waals surface area contributed by atoms with Gasteiger partial charge in [0.25, 0.3) is 0 Å². The maximum absolute atomic E-state index is 12.2. The van der Waals surface area contributed by atoms with Crippen molar-refractivity contribution < 1.29 is 14.7 Å². The molecule has 19 heavy (non-hydrogen) atoms. The van der Waals surface area contributed by atoms with Crippen LogP contribution in [-0.4, -0.2) is 22.6 Å². The Morgan fingerprint density at radius 2 is 2.05 bits per heavy atom. The van der Waals surface area contributed by atoms with Crippen molar-refractivity contribution in [2.75, 3.05) is 11.1 Å². The Morgan fingerprint density at radius 1 is 1.37 bits per heavy atom. The minimum Gasteiger partial charge on any atom is -0.465 e. The Bertz CT molecular complexity index is 529. The fourth-order valence-electron chi connectivity index (χ4n) is 2.02. The highest BCUT2D eigenvalue weighted by atomic mass is 79.9. The first-order valence-electron chi connectivity index (χ1n) is 5.80. The molecule has 0 unspecified atom stereocenters. The number of amides is 2. The molecule has 0 atom stereocenters. The van der Waals surface area contributed by atoms with Crippen molar-refractivity contribution in [3.05, 3.63) is 22.7 Å². The number of halogens is 1. The first-order valence-corrected chi connectivity index (χ1v) is 6.60. The third kappa shape index (κ3) is 2.81. The Balaban J connectivity index is 2.16. The fraction of sp³-hybridized carbons (Fsp3) is 0.333. The zero-order valence-corrected chi connectivity index (χ0v) is 11.7. The second-order valence-corrected chi connectivity index (χ2v) is 5.47. The Kier molecular flexibility index (Phi) is 3.66. The van der Waals surface area contributed by atoms with Gasteiger partial charge >= 0.3 is 6.09 Å². The number of nitrogens with one attached hydrogen (secondary N) is 2. The maximum atomic E-state index is 12.2. The van der Waals surface area contributed by atoms with Crippen LogP contribution in [0.4, 0.5) is 16.2 Å². The number of carbonyl (C=O) groups is 2. The van der Waals surface area contributed by atoms with Gasteiger partial charge < -0.3 is 21.5 Å². The molecule has 0 heterocycles. The highest BCUT2D eigenvalue weighted by Gasteiger charge is 2.45. The van der Waals surface area contributed by atoms with Gasteiger partial charge in [-0.2, -0.15) is 0 Å². The number of hydrogen-bond donors (Lipinski definition) is 4. The van der Waals surface area contributed by atoms with E-state index in [1.54, 1.807) is 18.2 Å². The first kappa shape index (κ1) is 13.7. The van der Waals surface area contributed by atoms with E-state index in [2.05, 4.69) is 26.6 Å². The van der Waals surface area contributed by atoms with E-state index in [0.717, 1.165) is 10.9 Å². The second kappa shape index (κ2) is 5.08. The van der Waals surface area contributed by atoms with Gasteiger partial charge in [0, 0.05) is 4.47 Å². The lowest BCUT2D eigenvalue weighted by Crippen LogP contribution is -2.60. The third-order valence-electron chi connectivity index (χ3n) is 3.25. The first-order chi connectivity index (χ1) is 8.93. The topological polar surface area (TPSA) is 104 Å². The molecule has 102 valence electrons. The van der Waals surface area contributed by atoms with Crippen molar-refractivity contribution in [3.63, 3.8) is 0 Å². The van der Waals surface area contributed by atoms with Crippen LogP contribution in [0.15, 0.2) is 22.7 Å². The van der Waals surface area contributed by atoms with E-state index in [9.17, 15) is 9.59 Å². The number of anilines is 2. The molecule has 2 rings (SSSR count). The van der Waals surface area contributed by atoms with E-state index >= 15 is 0 Å². The van der Waals surface area contributed by atoms with Crippen LogP contribution in [0, 0.1) is 0 Å². The zero-order valence-electron chi connectivity index (χ0n) is 10.1. The molecule has 1 saturated carbocycles. The largest absolute Gasteiger partial charge is 0.465 e. The second-order valence-electron chi connectivity index (χ2n) is 4.55. The summed E-state index contributed by atoms with van der Waals surface area (Å²) >= 11 is 3.29. The van der Waals surface area contributed by atoms with Gasteiger partial charge in [-0.1, -0.05) is 15.9 Å². The average molecular weight is 328 g/mol. The van der Waals surface area contributed by atoms with Crippen LogP contribution >= 0.6 is 15.9 Å². The average Bonchev–Trinajstić information content (AvgIpc) is 2.28. The monoisotopic (exact) mass is 327 g/mol. The van der Waals surface area contributed by atoms with Gasteiger partial charge in [-0.15, -0.1) is 0 Å². The Labute approximate surface area is 118 Å². The molecule has 0 bridgehead atoms. The molecule has 2 amide bonds. The quantitative estimate of drug-likeness (QED) is 0.638. The lowest BCUT2D eigenvalue weighted by Gasteiger charge is -2.39. The van der Waals surface area contributed by atoms with Crippen molar-refractivity contribution in [1.82, 2.24) is 5.32 Å². The molecule has 1 aliphatic rings. The van der Waals surface area contributed by atoms with Gasteiger partial charge in [-0.3, -0.25) is 4.79 Å². The van der Waals surface area contributed by atoms with Crippen LogP contribution in [0.5, 0.6) is 0 Å². The standard InChI is InChI=1S/C12H14BrN3O3/c13-7-2-3-8(14)9(6-7)15-10(17)12(4-1-5-12)16-11(18)19/h2-3,6,16H,1,4-5,14H2,(H,15,17)(H,18,19). The molecule has 5 N–H and O–H groups in total. The van der Waals surface area contributed by atoms with Crippen molar-refractivity contribution in [1.29, 1.82) is 0 Å². The number of benzene rings is 1. The van der Waals surface area contributed by atoms with Crippen molar-refractivity contribution in [2.45, 2.75) is 24.8 Å². The molecule has 7 heteroatoms. The maximum Gasteiger partial charge on any atom is 0.405 e. The van der Waals surface area contributed by atoms with Gasteiger partial charge in [0.15, 0.2) is 0 Å². The van der Waals surface area contributed by atoms with Gasteiger partial charge in [-0.25, -0.2) is 4.79 Å². The number of carboxylic acid groups (broad SMARTS) is 1. The fourth-order valence-corrected chi connectivity index (χ4v) is 2.38. The predicted molar refractivity (Wildman–Crippen MR) is 74.9 cm³/mol. The van der Waals surface area contributed by atoms with E-state index in [1.165, 1.54) is 0 Å². The highest BCUT2D eigenvalue weighted by Crippen LogP contribution is 2.34. The smallest absolute Gasteiger partial charge is 0.405 e. The molecule has 1 aromatic rings. The summed E-state index contributed by atoms with van der Waals surface area (Å²) in [5.74, 6) is -0.369. The minimum absolute atomic E-state index is 0.369. The van der Waals surface area contributed by atoms with Crippen molar-refractivity contribution >= 4 is 39.3 Å². The van der Waals surface area contributed by atoms with Crippen LogP contribution in [0.2, 0.25) is 0 Å². The summed E-state index contributed by atoms with van der Waals surface area (Å²) in [6.07, 6.45) is 0.622. The number of rotatable bonds is 3. The van der Waals surface area contributed by atoms with Gasteiger partial charge in [0.2, 0.25) is 5.91 Å². The van der Waals surface area contributed by atoms with Crippen molar-refractivity contribution in [2.24, 2.45) is 0 Å². The highest BCUT2D eigenvalue weighted by molar-refractivity contribution is 9.10. The SMILES string of the molecule is Nc1ccc(Br)cc1NC(=O)C1(NC(=O)O)CCC1. The number of carbonyl (C=O) groups excluding carboxylic acids is 1. The third-order valence-corrected chi connectivity index (χ3v) is 3.74. The summed E-state index contributed by atoms with van der Waals surface area (Å²) in [6, 6.07) is 5.11. The lowest BCUT2D eigenvalue weighted by atomic mass is 9.76. The summed E-state index contributed by atoms with van der Waals surface area (Å²) in [7, 11) is 0. The Morgan fingerprint density at radius 3 is 2.58 bits per heavy atom. The van der Waals surface area contributed by atoms with E-state index in [0.29, 0.717) is 24.2 Å². The molecule has 1 aliphatic carbocycles. The summed E-state index contributed by atoms with van der Waals surface area (Å²) in [4.78, 5) is 23.0. The summed E-state index contributed by atoms with van der Waals surface area (Å²) in [5, 5.41) is 13.8. The molecule has 0 saturated heterocycles. The predicted octanol–water partition coefficient (Wildman–Crippen LogP) is 2.16. The van der Waals surface area contributed by atoms with E-state index in [-0.39, 0.29) is 5.91 Å². The summed E-state index contributed by atoms with van der Waals surface area (Å²) in [5.41, 5.74) is 5.64. The molecule has 1 fully saturated rings. The van der Waals surface area contributed by atoms with Crippen LogP contribution in [0.25, 0.3) is 0 Å². The van der Waals surface area contributed by atoms with E-state index in [4.69, 9.17) is 10.8 Å². The summed E-state index contributed by atoms with van der Waals surface area (Å²) in [6.45, 7) is 0. The normalized spacial score (nSPS) is 16.3. The molecule has 0 aromatic heterocycles. The molecular formula is C12H14BrN3O3. The molecule has 0 spiro atoms. The minimum atomic E-state index is -1.20. The van der Waals surface area contributed by atoms with Crippen LogP contribution in [0.3, 0.4) is 0 Å². The molecule has 6 nitrogen and oxygen atoms in total. The van der Waals surface area contributed by atoms with Crippen LogP contribution in [-0.2, 0) is 4.79 Å². The molecule has 0 aliphatic heterocycles. The van der Waals surface area contributed by atoms with Crippen LogP contribution in [0.1, 0.15) is 19.3 Å². The molecule has 0 radical (unpaired) electrons. The molecular weight excluding hydrogens is 314 g/mol. The van der Waals surface area contributed by atoms with Gasteiger partial charge in [-0.05, 0) is 37.5 Å². The van der Waals surface area contributed by atoms with E-state index in [1.807, 2.05) is 0 Å².